The summed E-state index contributed by atoms with van der Waals surface area (Å²) in [5, 5.41) is 3.84. The predicted octanol–water partition coefficient (Wildman–Crippen LogP) is 1.50. The second kappa shape index (κ2) is 9.51. The molecule has 0 unspecified atom stereocenters. The topological polar surface area (TPSA) is 86.2 Å². The van der Waals surface area contributed by atoms with Gasteiger partial charge in [-0.2, -0.15) is 5.10 Å². The smallest absolute Gasteiger partial charge is 0.308 e. The molecule has 0 saturated heterocycles. The molecule has 0 bridgehead atoms. The highest BCUT2D eigenvalue weighted by atomic mass is 16.6. The molecule has 0 heterocycles. The fourth-order valence-corrected chi connectivity index (χ4v) is 1.55. The Morgan fingerprint density at radius 2 is 2.09 bits per heavy atom. The van der Waals surface area contributed by atoms with Gasteiger partial charge in [0.25, 0.3) is 0 Å². The first-order valence-electron chi connectivity index (χ1n) is 6.83. The minimum absolute atomic E-state index is 0.229. The minimum Gasteiger partial charge on any atom is -0.493 e. The van der Waals surface area contributed by atoms with Crippen molar-refractivity contribution in [2.45, 2.75) is 20.3 Å². The summed E-state index contributed by atoms with van der Waals surface area (Å²) < 4.78 is 15.2. The van der Waals surface area contributed by atoms with Gasteiger partial charge in [0.2, 0.25) is 5.91 Å². The maximum absolute atomic E-state index is 11.4. The summed E-state index contributed by atoms with van der Waals surface area (Å²) in [6, 6.07) is 4.93. The van der Waals surface area contributed by atoms with Crippen LogP contribution in [0.1, 0.15) is 25.8 Å². The quantitative estimate of drug-likeness (QED) is 0.258. The third kappa shape index (κ3) is 6.36. The molecule has 7 nitrogen and oxygen atoms in total. The molecule has 1 rings (SSSR count). The number of benzene rings is 1. The fourth-order valence-electron chi connectivity index (χ4n) is 1.55. The second-order valence-electron chi connectivity index (χ2n) is 4.24. The van der Waals surface area contributed by atoms with Crippen LogP contribution in [0.5, 0.6) is 11.5 Å². The number of esters is 1. The van der Waals surface area contributed by atoms with Gasteiger partial charge < -0.3 is 14.2 Å². The van der Waals surface area contributed by atoms with E-state index in [0.717, 1.165) is 0 Å². The van der Waals surface area contributed by atoms with Gasteiger partial charge in [0.15, 0.2) is 11.5 Å². The van der Waals surface area contributed by atoms with Crippen molar-refractivity contribution in [3.05, 3.63) is 23.8 Å². The molecule has 22 heavy (non-hydrogen) atoms. The maximum atomic E-state index is 11.4. The number of hydrogen-bond donors (Lipinski definition) is 1. The monoisotopic (exact) mass is 308 g/mol. The van der Waals surface area contributed by atoms with E-state index in [9.17, 15) is 9.59 Å². The molecule has 0 radical (unpaired) electrons. The van der Waals surface area contributed by atoms with Crippen LogP contribution in [0.2, 0.25) is 0 Å². The van der Waals surface area contributed by atoms with Gasteiger partial charge in [0.05, 0.1) is 26.4 Å². The lowest BCUT2D eigenvalue weighted by Crippen LogP contribution is -2.19. The van der Waals surface area contributed by atoms with Crippen molar-refractivity contribution >= 4 is 18.1 Å². The Morgan fingerprint density at radius 3 is 2.73 bits per heavy atom. The summed E-state index contributed by atoms with van der Waals surface area (Å²) >= 11 is 0. The Labute approximate surface area is 129 Å². The molecule has 1 amide bonds. The molecule has 0 aliphatic heterocycles. The average Bonchev–Trinajstić information content (AvgIpc) is 2.48. The highest BCUT2D eigenvalue weighted by molar-refractivity contribution is 5.83. The summed E-state index contributed by atoms with van der Waals surface area (Å²) in [7, 11) is 1.47. The van der Waals surface area contributed by atoms with Gasteiger partial charge in [0, 0.05) is 13.5 Å². The van der Waals surface area contributed by atoms with Crippen molar-refractivity contribution in [2.75, 3.05) is 20.3 Å². The van der Waals surface area contributed by atoms with Crippen LogP contribution in [0.15, 0.2) is 23.3 Å². The molecule has 0 aromatic heterocycles. The number of ether oxygens (including phenoxy) is 3. The third-order valence-corrected chi connectivity index (χ3v) is 2.52. The van der Waals surface area contributed by atoms with Gasteiger partial charge in [0.1, 0.15) is 0 Å². The van der Waals surface area contributed by atoms with E-state index in [-0.39, 0.29) is 12.3 Å². The molecule has 7 heteroatoms. The molecule has 0 spiro atoms. The van der Waals surface area contributed by atoms with Crippen molar-refractivity contribution < 1.29 is 23.8 Å². The fraction of sp³-hybridized carbons (Fsp3) is 0.400. The summed E-state index contributed by atoms with van der Waals surface area (Å²) in [5.41, 5.74) is 3.09. The van der Waals surface area contributed by atoms with E-state index in [1.54, 1.807) is 18.2 Å². The van der Waals surface area contributed by atoms with Crippen LogP contribution in [0.25, 0.3) is 0 Å². The van der Waals surface area contributed by atoms with Crippen LogP contribution in [0.4, 0.5) is 0 Å². The Balaban J connectivity index is 2.60. The number of nitrogens with zero attached hydrogens (tertiary/aromatic N) is 1. The number of carbonyl (C=O) groups is 2. The molecule has 0 fully saturated rings. The van der Waals surface area contributed by atoms with Gasteiger partial charge in [-0.1, -0.05) is 0 Å². The van der Waals surface area contributed by atoms with E-state index in [1.807, 2.05) is 6.92 Å². The summed E-state index contributed by atoms with van der Waals surface area (Å²) in [4.78, 5) is 22.4. The largest absolute Gasteiger partial charge is 0.493 e. The molecule has 0 saturated carbocycles. The van der Waals surface area contributed by atoms with Gasteiger partial charge in [-0.15, -0.1) is 0 Å². The molecule has 120 valence electrons. The van der Waals surface area contributed by atoms with Crippen LogP contribution < -0.4 is 14.9 Å². The average molecular weight is 308 g/mol. The van der Waals surface area contributed by atoms with Crippen LogP contribution in [0.3, 0.4) is 0 Å². The third-order valence-electron chi connectivity index (χ3n) is 2.52. The van der Waals surface area contributed by atoms with E-state index >= 15 is 0 Å². The van der Waals surface area contributed by atoms with E-state index in [0.29, 0.717) is 30.3 Å². The number of hydrogen-bond acceptors (Lipinski definition) is 6. The molecule has 0 aliphatic carbocycles. The van der Waals surface area contributed by atoms with Crippen molar-refractivity contribution in [1.29, 1.82) is 0 Å². The van der Waals surface area contributed by atoms with E-state index < -0.39 is 5.97 Å². The van der Waals surface area contributed by atoms with E-state index in [4.69, 9.17) is 14.2 Å². The Morgan fingerprint density at radius 1 is 1.32 bits per heavy atom. The van der Waals surface area contributed by atoms with E-state index in [1.165, 1.54) is 20.2 Å². The second-order valence-corrected chi connectivity index (χ2v) is 4.24. The van der Waals surface area contributed by atoms with Crippen LogP contribution in [-0.2, 0) is 14.3 Å². The maximum Gasteiger partial charge on any atom is 0.308 e. The van der Waals surface area contributed by atoms with Crippen LogP contribution in [0, 0.1) is 0 Å². The molecular weight excluding hydrogens is 288 g/mol. The summed E-state index contributed by atoms with van der Waals surface area (Å²) in [6.45, 7) is 4.11. The van der Waals surface area contributed by atoms with E-state index in [2.05, 4.69) is 10.5 Å². The Kier molecular flexibility index (Phi) is 7.63. The number of nitrogens with one attached hydrogen (secondary N) is 1. The summed E-state index contributed by atoms with van der Waals surface area (Å²) in [6.07, 6.45) is 1.72. The highest BCUT2D eigenvalue weighted by Crippen LogP contribution is 2.27. The lowest BCUT2D eigenvalue weighted by Gasteiger charge is -2.08. The van der Waals surface area contributed by atoms with Gasteiger partial charge in [-0.3, -0.25) is 9.59 Å². The zero-order valence-electron chi connectivity index (χ0n) is 12.9. The molecule has 0 aliphatic rings. The Bertz CT molecular complexity index is 543. The SMILES string of the molecule is CCOCCC(=O)N/N=C/c1ccc(OC(C)=O)c(OC)c1. The minimum atomic E-state index is -0.429. The standard InChI is InChI=1S/C15H20N2O5/c1-4-21-8-7-15(19)17-16-10-12-5-6-13(22-11(2)18)14(9-12)20-3/h5-6,9-10H,4,7-8H2,1-3H3,(H,17,19)/b16-10+. The predicted molar refractivity (Wildman–Crippen MR) is 81.1 cm³/mol. The first-order chi connectivity index (χ1) is 10.6. The molecular formula is C15H20N2O5. The zero-order chi connectivity index (χ0) is 16.4. The number of carbonyl (C=O) groups excluding carboxylic acids is 2. The lowest BCUT2D eigenvalue weighted by molar-refractivity contribution is -0.132. The number of rotatable bonds is 8. The lowest BCUT2D eigenvalue weighted by atomic mass is 10.2. The zero-order valence-corrected chi connectivity index (χ0v) is 12.9. The number of amides is 1. The first-order valence-corrected chi connectivity index (χ1v) is 6.83. The van der Waals surface area contributed by atoms with Crippen molar-refractivity contribution in [3.63, 3.8) is 0 Å². The number of methoxy groups -OCH3 is 1. The summed E-state index contributed by atoms with van der Waals surface area (Å²) in [5.74, 6) is 0.0733. The molecule has 1 aromatic carbocycles. The Hall–Kier alpha value is -2.41. The van der Waals surface area contributed by atoms with Crippen LogP contribution >= 0.6 is 0 Å². The number of hydrazone groups is 1. The van der Waals surface area contributed by atoms with Crippen molar-refractivity contribution in [3.8, 4) is 11.5 Å². The molecule has 1 aromatic rings. The first kappa shape index (κ1) is 17.6. The molecule has 1 N–H and O–H groups in total. The molecule has 0 atom stereocenters. The highest BCUT2D eigenvalue weighted by Gasteiger charge is 2.07. The van der Waals surface area contributed by atoms with Crippen molar-refractivity contribution in [1.82, 2.24) is 5.43 Å². The van der Waals surface area contributed by atoms with Crippen molar-refractivity contribution in [2.24, 2.45) is 5.10 Å². The van der Waals surface area contributed by atoms with Crippen LogP contribution in [-0.4, -0.2) is 38.4 Å². The van der Waals surface area contributed by atoms with Gasteiger partial charge in [-0.25, -0.2) is 5.43 Å². The normalized spacial score (nSPS) is 10.5. The van der Waals surface area contributed by atoms with Gasteiger partial charge in [-0.05, 0) is 30.7 Å². The van der Waals surface area contributed by atoms with Gasteiger partial charge >= 0.3 is 5.97 Å².